The molecule has 1 atom stereocenters. The predicted molar refractivity (Wildman–Crippen MR) is 70.1 cm³/mol. The van der Waals surface area contributed by atoms with E-state index < -0.39 is 0 Å². The van der Waals surface area contributed by atoms with Gasteiger partial charge in [-0.05, 0) is 25.8 Å². The Labute approximate surface area is 104 Å². The van der Waals surface area contributed by atoms with Crippen LogP contribution in [0.1, 0.15) is 64.6 Å². The summed E-state index contributed by atoms with van der Waals surface area (Å²) in [6.45, 7) is 6.43. The normalized spacial score (nSPS) is 12.6. The molecule has 1 aromatic heterocycles. The maximum atomic E-state index is 11.7. The fourth-order valence-electron chi connectivity index (χ4n) is 1.77. The van der Waals surface area contributed by atoms with Crippen molar-refractivity contribution in [3.63, 3.8) is 0 Å². The Bertz CT molecular complexity index is 344. The first-order valence-corrected chi connectivity index (χ1v) is 6.73. The number of ketones is 1. The minimum Gasteiger partial charge on any atom is -0.299 e. The maximum absolute atomic E-state index is 11.7. The van der Waals surface area contributed by atoms with Gasteiger partial charge in [-0.15, -0.1) is 0 Å². The molecule has 0 aliphatic heterocycles. The molecule has 1 heterocycles. The molecule has 0 amide bonds. The Kier molecular flexibility index (Phi) is 5.95. The topological polar surface area (TPSA) is 34.9 Å². The van der Waals surface area contributed by atoms with E-state index in [1.54, 1.807) is 0 Å². The van der Waals surface area contributed by atoms with Gasteiger partial charge in [-0.25, -0.2) is 0 Å². The molecule has 3 nitrogen and oxygen atoms in total. The van der Waals surface area contributed by atoms with Crippen LogP contribution in [0.3, 0.4) is 0 Å². The second-order valence-corrected chi connectivity index (χ2v) is 4.72. The molecule has 1 unspecified atom stereocenters. The summed E-state index contributed by atoms with van der Waals surface area (Å²) in [4.78, 5) is 11.7. The molecule has 1 rings (SSSR count). The molecule has 17 heavy (non-hydrogen) atoms. The molecule has 0 aliphatic carbocycles. The molecular weight excluding hydrogens is 212 g/mol. The molecule has 1 aromatic rings. The predicted octanol–water partition coefficient (Wildman–Crippen LogP) is 3.55. The number of hydrogen-bond donors (Lipinski definition) is 0. The van der Waals surface area contributed by atoms with E-state index in [4.69, 9.17) is 0 Å². The van der Waals surface area contributed by atoms with Gasteiger partial charge in [0.15, 0.2) is 0 Å². The molecule has 0 spiro atoms. The Morgan fingerprint density at radius 3 is 2.82 bits per heavy atom. The molecule has 96 valence electrons. The van der Waals surface area contributed by atoms with E-state index in [0.29, 0.717) is 24.7 Å². The van der Waals surface area contributed by atoms with Crippen LogP contribution in [0.4, 0.5) is 0 Å². The van der Waals surface area contributed by atoms with Crippen LogP contribution >= 0.6 is 0 Å². The number of Topliss-reactive ketones (excluding diaryl/α,β-unsaturated/α-hetero) is 1. The summed E-state index contributed by atoms with van der Waals surface area (Å²) in [7, 11) is 0. The Morgan fingerprint density at radius 1 is 1.41 bits per heavy atom. The molecule has 0 aliphatic rings. The summed E-state index contributed by atoms with van der Waals surface area (Å²) in [5.41, 5.74) is 0.909. The van der Waals surface area contributed by atoms with Gasteiger partial charge < -0.3 is 0 Å². The van der Waals surface area contributed by atoms with Gasteiger partial charge >= 0.3 is 0 Å². The fraction of sp³-hybridized carbons (Fsp3) is 0.714. The van der Waals surface area contributed by atoms with E-state index in [1.807, 2.05) is 16.9 Å². The van der Waals surface area contributed by atoms with Gasteiger partial charge in [0.05, 0.1) is 12.1 Å². The summed E-state index contributed by atoms with van der Waals surface area (Å²) in [6, 6.07) is 2.38. The van der Waals surface area contributed by atoms with Crippen LogP contribution in [0.5, 0.6) is 0 Å². The van der Waals surface area contributed by atoms with Crippen molar-refractivity contribution in [2.45, 2.75) is 65.3 Å². The van der Waals surface area contributed by atoms with Crippen LogP contribution in [0.25, 0.3) is 0 Å². The summed E-state index contributed by atoms with van der Waals surface area (Å²) in [5.74, 6) is 0.313. The third-order valence-corrected chi connectivity index (χ3v) is 3.14. The molecular formula is C14H24N2O. The van der Waals surface area contributed by atoms with Crippen LogP contribution in [0.15, 0.2) is 12.3 Å². The van der Waals surface area contributed by atoms with Crippen molar-refractivity contribution in [2.75, 3.05) is 0 Å². The van der Waals surface area contributed by atoms with Crippen molar-refractivity contribution in [1.29, 1.82) is 0 Å². The highest BCUT2D eigenvalue weighted by molar-refractivity contribution is 5.80. The molecule has 0 fully saturated rings. The third kappa shape index (κ3) is 4.72. The van der Waals surface area contributed by atoms with E-state index in [9.17, 15) is 4.79 Å². The second-order valence-electron chi connectivity index (χ2n) is 4.72. The van der Waals surface area contributed by atoms with Crippen molar-refractivity contribution in [1.82, 2.24) is 9.78 Å². The SMILES string of the molecule is CCCCCC(=O)Cc1ccn(C(C)CC)n1. The highest BCUT2D eigenvalue weighted by Crippen LogP contribution is 2.10. The highest BCUT2D eigenvalue weighted by atomic mass is 16.1. The molecule has 3 heteroatoms. The first-order chi connectivity index (χ1) is 8.17. The van der Waals surface area contributed by atoms with Crippen LogP contribution in [-0.4, -0.2) is 15.6 Å². The molecule has 0 saturated carbocycles. The van der Waals surface area contributed by atoms with Crippen LogP contribution < -0.4 is 0 Å². The second kappa shape index (κ2) is 7.25. The average Bonchev–Trinajstić information content (AvgIpc) is 2.77. The number of carbonyl (C=O) groups is 1. The Balaban J connectivity index is 2.40. The fourth-order valence-corrected chi connectivity index (χ4v) is 1.77. The van der Waals surface area contributed by atoms with E-state index >= 15 is 0 Å². The van der Waals surface area contributed by atoms with Gasteiger partial charge in [0.25, 0.3) is 0 Å². The Morgan fingerprint density at radius 2 is 2.18 bits per heavy atom. The molecule has 0 bridgehead atoms. The molecule has 0 radical (unpaired) electrons. The van der Waals surface area contributed by atoms with Gasteiger partial charge in [-0.2, -0.15) is 5.10 Å². The van der Waals surface area contributed by atoms with Crippen molar-refractivity contribution in [3.8, 4) is 0 Å². The number of nitrogens with zero attached hydrogens (tertiary/aromatic N) is 2. The van der Waals surface area contributed by atoms with Crippen molar-refractivity contribution in [3.05, 3.63) is 18.0 Å². The Hall–Kier alpha value is -1.12. The van der Waals surface area contributed by atoms with Crippen molar-refractivity contribution < 1.29 is 4.79 Å². The largest absolute Gasteiger partial charge is 0.299 e. The number of carbonyl (C=O) groups excluding carboxylic acids is 1. The molecule has 0 aromatic carbocycles. The van der Waals surface area contributed by atoms with E-state index in [2.05, 4.69) is 25.9 Å². The maximum Gasteiger partial charge on any atom is 0.138 e. The monoisotopic (exact) mass is 236 g/mol. The first kappa shape index (κ1) is 13.9. The first-order valence-electron chi connectivity index (χ1n) is 6.73. The summed E-state index contributed by atoms with van der Waals surface area (Å²) in [6.07, 6.45) is 7.55. The number of rotatable bonds is 8. The smallest absolute Gasteiger partial charge is 0.138 e. The lowest BCUT2D eigenvalue weighted by Crippen LogP contribution is -2.07. The summed E-state index contributed by atoms with van der Waals surface area (Å²) in [5, 5.41) is 4.45. The number of aromatic nitrogens is 2. The standard InChI is InChI=1S/C14H24N2O/c1-4-6-7-8-14(17)11-13-9-10-16(15-13)12(3)5-2/h9-10,12H,4-8,11H2,1-3H3. The zero-order chi connectivity index (χ0) is 12.7. The van der Waals surface area contributed by atoms with Crippen LogP contribution in [0, 0.1) is 0 Å². The van der Waals surface area contributed by atoms with Crippen LogP contribution in [-0.2, 0) is 11.2 Å². The highest BCUT2D eigenvalue weighted by Gasteiger charge is 2.08. The summed E-state index contributed by atoms with van der Waals surface area (Å²) < 4.78 is 1.95. The number of hydrogen-bond acceptors (Lipinski definition) is 2. The lowest BCUT2D eigenvalue weighted by molar-refractivity contribution is -0.118. The molecule has 0 N–H and O–H groups in total. The van der Waals surface area contributed by atoms with Gasteiger partial charge in [-0.1, -0.05) is 26.7 Å². The zero-order valence-electron chi connectivity index (χ0n) is 11.3. The third-order valence-electron chi connectivity index (χ3n) is 3.14. The van der Waals surface area contributed by atoms with Crippen molar-refractivity contribution in [2.24, 2.45) is 0 Å². The number of unbranched alkanes of at least 4 members (excludes halogenated alkanes) is 2. The quantitative estimate of drug-likeness (QED) is 0.647. The minimum absolute atomic E-state index is 0.313. The molecule has 0 saturated heterocycles. The van der Waals surface area contributed by atoms with Crippen LogP contribution in [0.2, 0.25) is 0 Å². The van der Waals surface area contributed by atoms with Gasteiger partial charge in [0.1, 0.15) is 5.78 Å². The summed E-state index contributed by atoms with van der Waals surface area (Å²) >= 11 is 0. The van der Waals surface area contributed by atoms with Crippen molar-refractivity contribution >= 4 is 5.78 Å². The van der Waals surface area contributed by atoms with Gasteiger partial charge in [0.2, 0.25) is 0 Å². The van der Waals surface area contributed by atoms with E-state index in [0.717, 1.165) is 31.4 Å². The zero-order valence-corrected chi connectivity index (χ0v) is 11.3. The lowest BCUT2D eigenvalue weighted by atomic mass is 10.1. The van der Waals surface area contributed by atoms with E-state index in [1.165, 1.54) is 0 Å². The minimum atomic E-state index is 0.313. The lowest BCUT2D eigenvalue weighted by Gasteiger charge is -2.07. The van der Waals surface area contributed by atoms with Gasteiger partial charge in [-0.3, -0.25) is 9.48 Å². The van der Waals surface area contributed by atoms with E-state index in [-0.39, 0.29) is 0 Å². The van der Waals surface area contributed by atoms with Gasteiger partial charge in [0, 0.05) is 18.7 Å². The average molecular weight is 236 g/mol.